The van der Waals surface area contributed by atoms with Crippen molar-refractivity contribution in [2.45, 2.75) is 267 Å². The summed E-state index contributed by atoms with van der Waals surface area (Å²) in [5.41, 5.74) is 0. The Balaban J connectivity index is -0.000000224. The molecule has 0 aliphatic carbocycles. The van der Waals surface area contributed by atoms with Crippen LogP contribution in [0.3, 0.4) is 0 Å². The van der Waals surface area contributed by atoms with Crippen LogP contribution >= 0.6 is 0 Å². The summed E-state index contributed by atoms with van der Waals surface area (Å²) in [6.45, 7) is 17.6. The molecule has 4 unspecified atom stereocenters. The lowest BCUT2D eigenvalue weighted by Crippen LogP contribution is -2.40. The van der Waals surface area contributed by atoms with Crippen molar-refractivity contribution in [2.24, 2.45) is 41.4 Å². The van der Waals surface area contributed by atoms with Gasteiger partial charge in [-0.15, -0.1) is 0 Å². The van der Waals surface area contributed by atoms with E-state index in [-0.39, 0.29) is 35.0 Å². The summed E-state index contributed by atoms with van der Waals surface area (Å²) in [6, 6.07) is -14.2. The van der Waals surface area contributed by atoms with Crippen LogP contribution in [0, 0.1) is 41.4 Å². The number of hydrogen-bond acceptors (Lipinski definition) is 9. The molecule has 7 amide bonds. The van der Waals surface area contributed by atoms with Crippen molar-refractivity contribution in [1.29, 1.82) is 0 Å². The van der Waals surface area contributed by atoms with Gasteiger partial charge in [-0.1, -0.05) is 96.6 Å². The normalized spacial score (nSPS) is 26.5. The molecule has 0 saturated heterocycles. The van der Waals surface area contributed by atoms with Crippen LogP contribution in [-0.2, 0) is 43.2 Å². The van der Waals surface area contributed by atoms with Crippen LogP contribution in [0.5, 0.6) is 0 Å². The molecule has 0 radical (unpaired) electrons. The standard InChI is InChI=1S/2C8H15NO3.5C8H17NO/c2*1-5(2)4-7(8(11)12)9-6(3)10;5*1-6(2)5-7(3)9-8(4)10/h2*5,7H,4H2,1-3H3,(H,9,10)(H,11,12);5*6-7H,5H2,1-4H3,(H,9,10)/t7*7-/m0011111/s1/i1D3,4D2,5D,7D;1D3,4D2,7D;5D2,6D,7D;1D3,5D2,7D;2*5D2,7D;1D3/hD3/t2*5?,7-;m;6?,7-;2m;6?,7-. The van der Waals surface area contributed by atoms with Gasteiger partial charge >= 0.3 is 11.9 Å². The number of carboxylic acids is 2. The van der Waals surface area contributed by atoms with E-state index in [0.717, 1.165) is 48.5 Å². The van der Waals surface area contributed by atoms with Gasteiger partial charge in [0.25, 0.3) is 0 Å². The minimum atomic E-state index is -3.58. The van der Waals surface area contributed by atoms with Crippen molar-refractivity contribution < 1.29 is 101 Å². The number of aliphatic carboxylic acids is 2. The number of nitrogens with one attached hydrogen (secondary N) is 7. The maximum Gasteiger partial charge on any atom is 0.326 e. The van der Waals surface area contributed by atoms with E-state index in [0.29, 0.717) is 18.7 Å². The van der Waals surface area contributed by atoms with Crippen LogP contribution in [0.2, 0.25) is 4.24 Å². The predicted molar refractivity (Wildman–Crippen MR) is 303 cm³/mol. The molecule has 0 bridgehead atoms. The number of rotatable bonds is 23. The second-order valence-corrected chi connectivity index (χ2v) is 16.6. The summed E-state index contributed by atoms with van der Waals surface area (Å²) >= 11 is 0. The van der Waals surface area contributed by atoms with E-state index in [1.165, 1.54) is 55.4 Å². The molecule has 0 aromatic carbocycles. The van der Waals surface area contributed by atoms with E-state index in [1.54, 1.807) is 39.9 Å². The lowest BCUT2D eigenvalue weighted by molar-refractivity contribution is -0.142. The number of amides is 7. The van der Waals surface area contributed by atoms with Crippen molar-refractivity contribution in [3.63, 3.8) is 0 Å². The molecule has 11 atom stereocenters. The summed E-state index contributed by atoms with van der Waals surface area (Å²) in [5, 5.41) is 26.8. The number of carbonyl (C=O) groups is 9. The first-order chi connectivity index (χ1) is 46.9. The molecule has 0 aromatic rings. The Morgan fingerprint density at radius 1 is 0.378 bits per heavy atom. The Bertz CT molecular complexity index is 2990. The molecule has 0 heterocycles. The van der Waals surface area contributed by atoms with E-state index in [4.69, 9.17) is 58.3 Å². The van der Waals surface area contributed by atoms with Crippen molar-refractivity contribution >= 4 is 53.3 Å². The third-order valence-corrected chi connectivity index (χ3v) is 6.05. The molecule has 0 aliphatic rings. The molecule has 0 aliphatic heterocycles. The van der Waals surface area contributed by atoms with Gasteiger partial charge in [-0.2, -0.15) is 0 Å². The predicted octanol–water partition coefficient (Wildman–Crippen LogP) is 9.03. The van der Waals surface area contributed by atoms with Crippen LogP contribution in [0.25, 0.3) is 0 Å². The molecule has 0 spiro atoms. The average Bonchev–Trinajstić information content (AvgIpc) is 0.723. The van der Waals surface area contributed by atoms with Crippen molar-refractivity contribution in [3.05, 3.63) is 0 Å². The molecule has 18 nitrogen and oxygen atoms in total. The molecule has 0 fully saturated rings. The van der Waals surface area contributed by atoms with Gasteiger partial charge in [0.2, 0.25) is 41.4 Å². The van der Waals surface area contributed by atoms with Crippen LogP contribution in [0.15, 0.2) is 0 Å². The maximum absolute atomic E-state index is 11.2. The van der Waals surface area contributed by atoms with Gasteiger partial charge in [0.05, 0.1) is 8.22 Å². The van der Waals surface area contributed by atoms with Gasteiger partial charge < -0.3 is 47.4 Å². The molecule has 18 heteroatoms. The van der Waals surface area contributed by atoms with Crippen molar-refractivity contribution in [1.82, 2.24) is 37.2 Å². The first kappa shape index (κ1) is 34.1. The highest BCUT2D eigenvalue weighted by molar-refractivity contribution is 5.82. The molecule has 9 N–H and O–H groups in total. The summed E-state index contributed by atoms with van der Waals surface area (Å²) < 4.78 is 261. The fourth-order valence-electron chi connectivity index (χ4n) is 4.62. The quantitative estimate of drug-likeness (QED) is 0.0465. The maximum atomic E-state index is 11.2. The van der Waals surface area contributed by atoms with Crippen molar-refractivity contribution in [2.75, 3.05) is 0 Å². The lowest BCUT2D eigenvalue weighted by atomic mass is 10.0. The minimum Gasteiger partial charge on any atom is -0.480 e. The van der Waals surface area contributed by atoms with Crippen LogP contribution in [-0.4, -0.2) is 106 Å². The van der Waals surface area contributed by atoms with Crippen LogP contribution < -0.4 is 37.2 Å². The topological polar surface area (TPSA) is 278 Å². The zero-order chi connectivity index (χ0) is 90.9. The fraction of sp³-hybridized carbons (Fsp3) is 0.839. The van der Waals surface area contributed by atoms with E-state index >= 15 is 0 Å². The number of carboxylic acid groups (broad SMARTS) is 2. The van der Waals surface area contributed by atoms with Gasteiger partial charge in [-0.3, -0.25) is 33.6 Å². The van der Waals surface area contributed by atoms with E-state index in [2.05, 4.69) is 16.0 Å². The second-order valence-electron chi connectivity index (χ2n) is 16.6. The van der Waals surface area contributed by atoms with Gasteiger partial charge in [-0.25, -0.2) is 9.59 Å². The molecule has 0 saturated carbocycles. The van der Waals surface area contributed by atoms with Gasteiger partial charge in [-0.05, 0) is 121 Å². The smallest absolute Gasteiger partial charge is 0.326 e. The van der Waals surface area contributed by atoms with Gasteiger partial charge in [0.15, 0.2) is 4.24 Å². The van der Waals surface area contributed by atoms with E-state index < -0.39 is 178 Å². The molecule has 0 aromatic heterocycles. The molecule has 440 valence electrons. The highest BCUT2D eigenvalue weighted by atomic mass is 16.4. The number of carbonyl (C=O) groups excluding carboxylic acids is 7. The Morgan fingerprint density at radius 3 is 1.01 bits per heavy atom. The average molecular weight is 1100 g/mol. The van der Waals surface area contributed by atoms with Crippen LogP contribution in [0.4, 0.5) is 0 Å². The number of hydrogen-bond donors (Lipinski definition) is 9. The first-order valence-electron chi connectivity index (χ1n) is 40.2. The molecule has 74 heavy (non-hydrogen) atoms. The molecular weight excluding hydrogens is 947 g/mol. The minimum absolute atomic E-state index is 0.0760. The Hall–Kier alpha value is -4.77. The van der Waals surface area contributed by atoms with Crippen molar-refractivity contribution in [3.8, 4) is 0 Å². The monoisotopic (exact) mass is 1100 g/mol. The third kappa shape index (κ3) is 84.1. The van der Waals surface area contributed by atoms with E-state index in [9.17, 15) is 43.2 Å². The second kappa shape index (κ2) is 50.4. The lowest BCUT2D eigenvalue weighted by Gasteiger charge is -2.14. The Morgan fingerprint density at radius 2 is 0.716 bits per heavy atom. The third-order valence-electron chi connectivity index (χ3n) is 6.05. The summed E-state index contributed by atoms with van der Waals surface area (Å²) in [7, 11) is 0. The SMILES string of the molecule is [2H]C(C)(C)C([2H])([2H])[C@@]([2H])(C)NC(C)=O.[2H]C([2H])(C(C)C)[C@@]([2H])(C)NC(C)=O.[2H]C([2H])([2H])C(C)C([2H])([2H])[C@]([2H])(NC(C)=O)C(=O)O.[2H]C([2H])([2H])C(C)C[C@@H](C)NC(C)=O.[2H]N(C(C)=O)[C@]([2H])(C(=O)O)C([2H])([2H])C([2H])(C)C([2H])([2H])[2H].[2H]N(C(C)=O)[C@]([2H])(C)C([2H])([2H])C(C)C.[2H]N(C(C)=O)[C@]([2H])(C)C([2H])([2H])C(C)C([2H])([2H])[2H]. The summed E-state index contributed by atoms with van der Waals surface area (Å²) in [6.07, 6.45) is -14.4. The highest BCUT2D eigenvalue weighted by Gasteiger charge is 2.20. The Kier molecular flexibility index (Phi) is 23.2. The summed E-state index contributed by atoms with van der Waals surface area (Å²) in [5.74, 6) is -17.7. The zero-order valence-electron chi connectivity index (χ0n) is 82.6. The molecular formula is C56H115N7O11. The zero-order valence-corrected chi connectivity index (χ0v) is 47.6. The van der Waals surface area contributed by atoms with Gasteiger partial charge in [0, 0.05) is 114 Å². The largest absolute Gasteiger partial charge is 0.480 e. The molecule has 0 rings (SSSR count). The summed E-state index contributed by atoms with van der Waals surface area (Å²) in [4.78, 5) is 98.2. The highest BCUT2D eigenvalue weighted by Crippen LogP contribution is 2.08. The van der Waals surface area contributed by atoms with Crippen LogP contribution in [0.1, 0.15) is 268 Å². The fourth-order valence-corrected chi connectivity index (χ4v) is 4.62. The van der Waals surface area contributed by atoms with Gasteiger partial charge in [0.1, 0.15) is 12.0 Å². The van der Waals surface area contributed by atoms with E-state index in [1.807, 2.05) is 6.92 Å². The Labute approximate surface area is 500 Å². The first-order valence-corrected chi connectivity index (χ1v) is 22.9.